The highest BCUT2D eigenvalue weighted by molar-refractivity contribution is 6.31. The summed E-state index contributed by atoms with van der Waals surface area (Å²) in [5.41, 5.74) is 6.63. The van der Waals surface area contributed by atoms with Crippen molar-refractivity contribution in [2.24, 2.45) is 10.9 Å². The number of halogens is 1. The minimum Gasteiger partial charge on any atom is -0.409 e. The van der Waals surface area contributed by atoms with Gasteiger partial charge >= 0.3 is 0 Å². The molecule has 0 saturated heterocycles. The second-order valence-corrected chi connectivity index (χ2v) is 5.12. The molecule has 0 fully saturated rings. The van der Waals surface area contributed by atoms with Crippen molar-refractivity contribution in [3.05, 3.63) is 34.3 Å². The van der Waals surface area contributed by atoms with Crippen LogP contribution in [-0.2, 0) is 6.54 Å². The minimum absolute atomic E-state index is 0.0233. The molecule has 19 heavy (non-hydrogen) atoms. The van der Waals surface area contributed by atoms with Crippen LogP contribution in [0.25, 0.3) is 0 Å². The molecule has 1 unspecified atom stereocenters. The Bertz CT molecular complexity index is 459. The lowest BCUT2D eigenvalue weighted by molar-refractivity contribution is 0.169. The summed E-state index contributed by atoms with van der Waals surface area (Å²) in [5.74, 6) is 0.0233. The monoisotopic (exact) mass is 285 g/mol. The van der Waals surface area contributed by atoms with Gasteiger partial charge in [0.2, 0.25) is 0 Å². The highest BCUT2D eigenvalue weighted by atomic mass is 35.5. The van der Waals surface area contributed by atoms with Gasteiger partial charge in [-0.05, 0) is 25.0 Å². The first-order valence-electron chi connectivity index (χ1n) is 6.08. The SMILES string of the molecule is CCC(C)(CO)NCc1ccc(/C(N)=N/O)cc1Cl. The van der Waals surface area contributed by atoms with Crippen molar-refractivity contribution in [2.45, 2.75) is 32.4 Å². The van der Waals surface area contributed by atoms with E-state index in [1.165, 1.54) is 0 Å². The molecule has 106 valence electrons. The fourth-order valence-electron chi connectivity index (χ4n) is 1.51. The summed E-state index contributed by atoms with van der Waals surface area (Å²) >= 11 is 6.15. The number of nitrogens with one attached hydrogen (secondary N) is 1. The van der Waals surface area contributed by atoms with Gasteiger partial charge in [0.15, 0.2) is 5.84 Å². The van der Waals surface area contributed by atoms with Crippen LogP contribution in [0.4, 0.5) is 0 Å². The molecule has 1 aromatic rings. The molecule has 0 saturated carbocycles. The largest absolute Gasteiger partial charge is 0.409 e. The second kappa shape index (κ2) is 6.75. The van der Waals surface area contributed by atoms with E-state index in [0.717, 1.165) is 12.0 Å². The van der Waals surface area contributed by atoms with Gasteiger partial charge in [0, 0.05) is 22.7 Å². The fraction of sp³-hybridized carbons (Fsp3) is 0.462. The molecule has 6 heteroatoms. The summed E-state index contributed by atoms with van der Waals surface area (Å²) in [6.45, 7) is 4.56. The number of aliphatic hydroxyl groups excluding tert-OH is 1. The number of aliphatic hydroxyl groups is 1. The third-order valence-corrected chi connectivity index (χ3v) is 3.64. The number of oxime groups is 1. The van der Waals surface area contributed by atoms with E-state index in [0.29, 0.717) is 17.1 Å². The first-order chi connectivity index (χ1) is 8.95. The molecule has 1 atom stereocenters. The Morgan fingerprint density at radius 2 is 2.21 bits per heavy atom. The van der Waals surface area contributed by atoms with Crippen molar-refractivity contribution in [3.8, 4) is 0 Å². The Labute approximate surface area is 118 Å². The lowest BCUT2D eigenvalue weighted by Gasteiger charge is -2.27. The molecule has 1 aromatic carbocycles. The summed E-state index contributed by atoms with van der Waals surface area (Å²) in [5, 5.41) is 24.7. The Balaban J connectivity index is 2.81. The fourth-order valence-corrected chi connectivity index (χ4v) is 1.76. The van der Waals surface area contributed by atoms with Crippen LogP contribution in [0.5, 0.6) is 0 Å². The maximum Gasteiger partial charge on any atom is 0.170 e. The molecule has 0 aliphatic heterocycles. The van der Waals surface area contributed by atoms with Gasteiger partial charge in [-0.3, -0.25) is 0 Å². The van der Waals surface area contributed by atoms with Crippen molar-refractivity contribution in [2.75, 3.05) is 6.61 Å². The van der Waals surface area contributed by atoms with Crippen molar-refractivity contribution in [1.82, 2.24) is 5.32 Å². The van der Waals surface area contributed by atoms with E-state index in [1.807, 2.05) is 19.9 Å². The predicted molar refractivity (Wildman–Crippen MR) is 76.6 cm³/mol. The van der Waals surface area contributed by atoms with Gasteiger partial charge in [0.25, 0.3) is 0 Å². The average molecular weight is 286 g/mol. The third-order valence-electron chi connectivity index (χ3n) is 3.29. The summed E-state index contributed by atoms with van der Waals surface area (Å²) in [4.78, 5) is 0. The second-order valence-electron chi connectivity index (χ2n) is 4.72. The van der Waals surface area contributed by atoms with Gasteiger partial charge in [-0.1, -0.05) is 35.8 Å². The van der Waals surface area contributed by atoms with E-state index in [1.54, 1.807) is 12.1 Å². The smallest absolute Gasteiger partial charge is 0.170 e. The topological polar surface area (TPSA) is 90.9 Å². The van der Waals surface area contributed by atoms with E-state index in [9.17, 15) is 5.11 Å². The normalized spacial score (nSPS) is 15.3. The third kappa shape index (κ3) is 4.09. The zero-order chi connectivity index (χ0) is 14.5. The summed E-state index contributed by atoms with van der Waals surface area (Å²) < 4.78 is 0. The van der Waals surface area contributed by atoms with E-state index in [2.05, 4.69) is 10.5 Å². The van der Waals surface area contributed by atoms with Gasteiger partial charge in [-0.2, -0.15) is 0 Å². The first kappa shape index (κ1) is 15.8. The lowest BCUT2D eigenvalue weighted by atomic mass is 9.99. The van der Waals surface area contributed by atoms with Crippen LogP contribution in [0.15, 0.2) is 23.4 Å². The van der Waals surface area contributed by atoms with E-state index < -0.39 is 0 Å². The Kier molecular flexibility index (Phi) is 5.60. The van der Waals surface area contributed by atoms with Crippen LogP contribution in [0.2, 0.25) is 5.02 Å². The van der Waals surface area contributed by atoms with Crippen LogP contribution in [0.1, 0.15) is 31.4 Å². The quantitative estimate of drug-likeness (QED) is 0.277. The first-order valence-corrected chi connectivity index (χ1v) is 6.45. The molecule has 0 radical (unpaired) electrons. The number of amidine groups is 1. The number of hydrogen-bond donors (Lipinski definition) is 4. The number of benzene rings is 1. The molecule has 0 spiro atoms. The Morgan fingerprint density at radius 1 is 1.53 bits per heavy atom. The number of nitrogens with zero attached hydrogens (tertiary/aromatic N) is 1. The Morgan fingerprint density at radius 3 is 2.68 bits per heavy atom. The van der Waals surface area contributed by atoms with Crippen LogP contribution in [0, 0.1) is 0 Å². The van der Waals surface area contributed by atoms with Crippen LogP contribution in [-0.4, -0.2) is 28.3 Å². The molecule has 0 aliphatic carbocycles. The van der Waals surface area contributed by atoms with Gasteiger partial charge < -0.3 is 21.4 Å². The molecule has 5 nitrogen and oxygen atoms in total. The Hall–Kier alpha value is -1.30. The van der Waals surface area contributed by atoms with Gasteiger partial charge in [0.1, 0.15) is 0 Å². The summed E-state index contributed by atoms with van der Waals surface area (Å²) in [6, 6.07) is 5.20. The minimum atomic E-state index is -0.326. The highest BCUT2D eigenvalue weighted by Gasteiger charge is 2.20. The van der Waals surface area contributed by atoms with Gasteiger partial charge in [0.05, 0.1) is 6.61 Å². The summed E-state index contributed by atoms with van der Waals surface area (Å²) in [6.07, 6.45) is 0.809. The van der Waals surface area contributed by atoms with Gasteiger partial charge in [-0.15, -0.1) is 0 Å². The molecule has 0 heterocycles. The van der Waals surface area contributed by atoms with Crippen LogP contribution >= 0.6 is 11.6 Å². The molecular weight excluding hydrogens is 266 g/mol. The van der Waals surface area contributed by atoms with Crippen molar-refractivity contribution >= 4 is 17.4 Å². The van der Waals surface area contributed by atoms with E-state index in [-0.39, 0.29) is 18.0 Å². The van der Waals surface area contributed by atoms with Gasteiger partial charge in [-0.25, -0.2) is 0 Å². The van der Waals surface area contributed by atoms with Crippen LogP contribution < -0.4 is 11.1 Å². The zero-order valence-corrected chi connectivity index (χ0v) is 11.9. The molecule has 1 rings (SSSR count). The van der Waals surface area contributed by atoms with Crippen LogP contribution in [0.3, 0.4) is 0 Å². The van der Waals surface area contributed by atoms with E-state index in [4.69, 9.17) is 22.5 Å². The standard InChI is InChI=1S/C13H20ClN3O2/c1-3-13(2,8-18)16-7-10-5-4-9(6-11(10)14)12(15)17-19/h4-6,16,18-19H,3,7-8H2,1-2H3,(H2,15,17). The predicted octanol–water partition coefficient (Wildman–Crippen LogP) is 1.69. The van der Waals surface area contributed by atoms with Crippen molar-refractivity contribution in [3.63, 3.8) is 0 Å². The molecule has 5 N–H and O–H groups in total. The zero-order valence-electron chi connectivity index (χ0n) is 11.2. The number of hydrogen-bond acceptors (Lipinski definition) is 4. The highest BCUT2D eigenvalue weighted by Crippen LogP contribution is 2.19. The lowest BCUT2D eigenvalue weighted by Crippen LogP contribution is -2.44. The summed E-state index contributed by atoms with van der Waals surface area (Å²) in [7, 11) is 0. The maximum absolute atomic E-state index is 9.33. The molecular formula is C13H20ClN3O2. The average Bonchev–Trinajstić information content (AvgIpc) is 2.44. The molecule has 0 bridgehead atoms. The molecule has 0 aromatic heterocycles. The van der Waals surface area contributed by atoms with E-state index >= 15 is 0 Å². The number of nitrogens with two attached hydrogens (primary N) is 1. The molecule has 0 amide bonds. The van der Waals surface area contributed by atoms with Crippen molar-refractivity contribution in [1.29, 1.82) is 0 Å². The molecule has 0 aliphatic rings. The number of rotatable bonds is 6. The van der Waals surface area contributed by atoms with Crippen molar-refractivity contribution < 1.29 is 10.3 Å². The maximum atomic E-state index is 9.33.